The standard InChI is InChI=1S/C13H18BrNO2/c14-13-4-3-12(7-11(13)5-6-15)17-9-16-8-10-1-2-10/h3-4,7,10H,1-2,5-6,8-9,15H2. The Morgan fingerprint density at radius 3 is 2.88 bits per heavy atom. The number of benzene rings is 1. The van der Waals surface area contributed by atoms with Crippen LogP contribution in [0.4, 0.5) is 0 Å². The summed E-state index contributed by atoms with van der Waals surface area (Å²) in [7, 11) is 0. The van der Waals surface area contributed by atoms with Crippen LogP contribution in [-0.4, -0.2) is 19.9 Å². The molecule has 1 saturated carbocycles. The lowest BCUT2D eigenvalue weighted by Gasteiger charge is -2.09. The average molecular weight is 300 g/mol. The molecule has 0 spiro atoms. The van der Waals surface area contributed by atoms with Crippen LogP contribution in [0, 0.1) is 5.92 Å². The first-order valence-electron chi connectivity index (χ1n) is 5.98. The minimum absolute atomic E-state index is 0.334. The highest BCUT2D eigenvalue weighted by atomic mass is 79.9. The van der Waals surface area contributed by atoms with Crippen molar-refractivity contribution in [2.45, 2.75) is 19.3 Å². The molecular weight excluding hydrogens is 282 g/mol. The number of halogens is 1. The molecular formula is C13H18BrNO2. The van der Waals surface area contributed by atoms with E-state index in [9.17, 15) is 0 Å². The van der Waals surface area contributed by atoms with Gasteiger partial charge in [-0.1, -0.05) is 15.9 Å². The quantitative estimate of drug-likeness (QED) is 0.622. The predicted octanol–water partition coefficient (Wildman–Crippen LogP) is 2.71. The van der Waals surface area contributed by atoms with E-state index in [1.165, 1.54) is 18.4 Å². The fraction of sp³-hybridized carbons (Fsp3) is 0.538. The fourth-order valence-corrected chi connectivity index (χ4v) is 2.04. The van der Waals surface area contributed by atoms with Crippen LogP contribution >= 0.6 is 15.9 Å². The third kappa shape index (κ3) is 4.30. The molecule has 0 aromatic heterocycles. The van der Waals surface area contributed by atoms with Gasteiger partial charge >= 0.3 is 0 Å². The van der Waals surface area contributed by atoms with Crippen molar-refractivity contribution < 1.29 is 9.47 Å². The van der Waals surface area contributed by atoms with Crippen LogP contribution in [0.3, 0.4) is 0 Å². The van der Waals surface area contributed by atoms with Crippen LogP contribution in [0.25, 0.3) is 0 Å². The molecule has 1 aliphatic rings. The Morgan fingerprint density at radius 1 is 1.35 bits per heavy atom. The monoisotopic (exact) mass is 299 g/mol. The molecule has 3 nitrogen and oxygen atoms in total. The molecule has 0 amide bonds. The van der Waals surface area contributed by atoms with E-state index in [1.54, 1.807) is 0 Å². The van der Waals surface area contributed by atoms with Gasteiger partial charge in [-0.2, -0.15) is 0 Å². The van der Waals surface area contributed by atoms with Crippen molar-refractivity contribution >= 4 is 15.9 Å². The van der Waals surface area contributed by atoms with Gasteiger partial charge in [-0.05, 0) is 55.5 Å². The van der Waals surface area contributed by atoms with Gasteiger partial charge in [0.25, 0.3) is 0 Å². The summed E-state index contributed by atoms with van der Waals surface area (Å²) < 4.78 is 12.1. The molecule has 1 aromatic rings. The van der Waals surface area contributed by atoms with E-state index in [0.29, 0.717) is 13.3 Å². The van der Waals surface area contributed by atoms with Gasteiger partial charge in [0.2, 0.25) is 0 Å². The first-order valence-corrected chi connectivity index (χ1v) is 6.78. The van der Waals surface area contributed by atoms with Crippen LogP contribution in [-0.2, 0) is 11.2 Å². The number of hydrogen-bond donors (Lipinski definition) is 1. The van der Waals surface area contributed by atoms with Crippen molar-refractivity contribution in [1.29, 1.82) is 0 Å². The molecule has 0 unspecified atom stereocenters. The lowest BCUT2D eigenvalue weighted by molar-refractivity contribution is 0.00994. The molecule has 0 aliphatic heterocycles. The molecule has 2 N–H and O–H groups in total. The van der Waals surface area contributed by atoms with Crippen LogP contribution in [0.2, 0.25) is 0 Å². The summed E-state index contributed by atoms with van der Waals surface area (Å²) in [6.07, 6.45) is 3.46. The smallest absolute Gasteiger partial charge is 0.189 e. The number of ether oxygens (including phenoxy) is 2. The average Bonchev–Trinajstić information content (AvgIpc) is 3.13. The van der Waals surface area contributed by atoms with E-state index in [-0.39, 0.29) is 0 Å². The Hall–Kier alpha value is -0.580. The number of rotatable bonds is 7. The summed E-state index contributed by atoms with van der Waals surface area (Å²) in [6.45, 7) is 1.80. The van der Waals surface area contributed by atoms with Gasteiger partial charge in [-0.3, -0.25) is 0 Å². The minimum Gasteiger partial charge on any atom is -0.468 e. The third-order valence-corrected chi connectivity index (χ3v) is 3.56. The highest BCUT2D eigenvalue weighted by Gasteiger charge is 2.21. The topological polar surface area (TPSA) is 44.5 Å². The lowest BCUT2D eigenvalue weighted by Crippen LogP contribution is -2.06. The van der Waals surface area contributed by atoms with Gasteiger partial charge in [0.05, 0.1) is 6.61 Å². The predicted molar refractivity (Wildman–Crippen MR) is 71.1 cm³/mol. The van der Waals surface area contributed by atoms with E-state index in [0.717, 1.165) is 29.2 Å². The second kappa shape index (κ2) is 6.38. The highest BCUT2D eigenvalue weighted by molar-refractivity contribution is 9.10. The van der Waals surface area contributed by atoms with E-state index in [4.69, 9.17) is 15.2 Å². The zero-order chi connectivity index (χ0) is 12.1. The summed E-state index contributed by atoms with van der Waals surface area (Å²) >= 11 is 3.50. The molecule has 94 valence electrons. The van der Waals surface area contributed by atoms with E-state index >= 15 is 0 Å². The summed E-state index contributed by atoms with van der Waals surface area (Å²) in [5, 5.41) is 0. The van der Waals surface area contributed by atoms with E-state index in [2.05, 4.69) is 15.9 Å². The molecule has 17 heavy (non-hydrogen) atoms. The van der Waals surface area contributed by atoms with Crippen molar-refractivity contribution in [2.24, 2.45) is 11.7 Å². The summed E-state index contributed by atoms with van der Waals surface area (Å²) in [4.78, 5) is 0. The van der Waals surface area contributed by atoms with Gasteiger partial charge in [-0.25, -0.2) is 0 Å². The lowest BCUT2D eigenvalue weighted by atomic mass is 10.1. The second-order valence-electron chi connectivity index (χ2n) is 4.37. The maximum Gasteiger partial charge on any atom is 0.189 e. The van der Waals surface area contributed by atoms with Crippen molar-refractivity contribution in [3.05, 3.63) is 28.2 Å². The Balaban J connectivity index is 1.79. The normalized spacial score (nSPS) is 14.9. The molecule has 1 aromatic carbocycles. The molecule has 0 atom stereocenters. The van der Waals surface area contributed by atoms with Crippen molar-refractivity contribution in [3.8, 4) is 5.75 Å². The number of nitrogens with two attached hydrogens (primary N) is 1. The first kappa shape index (κ1) is 12.9. The Morgan fingerprint density at radius 2 is 2.18 bits per heavy atom. The van der Waals surface area contributed by atoms with Crippen molar-refractivity contribution in [1.82, 2.24) is 0 Å². The highest BCUT2D eigenvalue weighted by Crippen LogP contribution is 2.29. The summed E-state index contributed by atoms with van der Waals surface area (Å²) in [6, 6.07) is 5.93. The molecule has 0 bridgehead atoms. The molecule has 0 radical (unpaired) electrons. The molecule has 1 aliphatic carbocycles. The zero-order valence-corrected chi connectivity index (χ0v) is 11.4. The first-order chi connectivity index (χ1) is 8.29. The second-order valence-corrected chi connectivity index (χ2v) is 5.22. The molecule has 0 heterocycles. The van der Waals surface area contributed by atoms with Crippen LogP contribution in [0.1, 0.15) is 18.4 Å². The molecule has 2 rings (SSSR count). The van der Waals surface area contributed by atoms with Crippen LogP contribution < -0.4 is 10.5 Å². The summed E-state index contributed by atoms with van der Waals surface area (Å²) in [5.74, 6) is 1.61. The zero-order valence-electron chi connectivity index (χ0n) is 9.82. The fourth-order valence-electron chi connectivity index (χ4n) is 1.60. The van der Waals surface area contributed by atoms with E-state index in [1.807, 2.05) is 18.2 Å². The van der Waals surface area contributed by atoms with Gasteiger partial charge in [0.1, 0.15) is 5.75 Å². The van der Waals surface area contributed by atoms with Gasteiger partial charge in [0.15, 0.2) is 6.79 Å². The maximum absolute atomic E-state index is 5.56. The Bertz CT molecular complexity index is 366. The molecule has 1 fully saturated rings. The summed E-state index contributed by atoms with van der Waals surface area (Å²) in [5.41, 5.74) is 6.73. The molecule has 0 saturated heterocycles. The maximum atomic E-state index is 5.56. The van der Waals surface area contributed by atoms with Crippen molar-refractivity contribution in [2.75, 3.05) is 19.9 Å². The number of hydrogen-bond acceptors (Lipinski definition) is 3. The Labute approximate surface area is 110 Å². The van der Waals surface area contributed by atoms with Gasteiger partial charge in [-0.15, -0.1) is 0 Å². The minimum atomic E-state index is 0.334. The largest absolute Gasteiger partial charge is 0.468 e. The molecule has 4 heteroatoms. The SMILES string of the molecule is NCCc1cc(OCOCC2CC2)ccc1Br. The third-order valence-electron chi connectivity index (χ3n) is 2.79. The van der Waals surface area contributed by atoms with E-state index < -0.39 is 0 Å². The van der Waals surface area contributed by atoms with Crippen LogP contribution in [0.15, 0.2) is 22.7 Å². The van der Waals surface area contributed by atoms with Gasteiger partial charge in [0, 0.05) is 4.47 Å². The van der Waals surface area contributed by atoms with Crippen LogP contribution in [0.5, 0.6) is 5.75 Å². The van der Waals surface area contributed by atoms with Crippen molar-refractivity contribution in [3.63, 3.8) is 0 Å². The van der Waals surface area contributed by atoms with Gasteiger partial charge < -0.3 is 15.2 Å². The Kier molecular flexibility index (Phi) is 4.83.